The Balaban J connectivity index is 2.20. The fraction of sp³-hybridized carbons (Fsp3) is 0. The molecule has 0 radical (unpaired) electrons. The molecule has 6 heteroatoms. The normalized spacial score (nSPS) is 9.94. The van der Waals surface area contributed by atoms with Gasteiger partial charge in [0, 0.05) is 16.9 Å². The van der Waals surface area contributed by atoms with E-state index in [0.717, 1.165) is 4.47 Å². The van der Waals surface area contributed by atoms with Crippen LogP contribution in [0, 0.1) is 0 Å². The van der Waals surface area contributed by atoms with Crippen LogP contribution < -0.4 is 11.1 Å². The summed E-state index contributed by atoms with van der Waals surface area (Å²) in [5.74, 6) is -0.108. The SMILES string of the molecule is Nc1ncccc1C(=O)Nc1cncc(Br)c1. The number of halogens is 1. The molecule has 0 aromatic carbocycles. The quantitative estimate of drug-likeness (QED) is 0.888. The van der Waals surface area contributed by atoms with E-state index in [9.17, 15) is 4.79 Å². The van der Waals surface area contributed by atoms with Gasteiger partial charge in [-0.25, -0.2) is 4.98 Å². The van der Waals surface area contributed by atoms with Gasteiger partial charge in [0.05, 0.1) is 17.4 Å². The molecule has 0 atom stereocenters. The molecule has 2 rings (SSSR count). The number of nitrogens with two attached hydrogens (primary N) is 1. The van der Waals surface area contributed by atoms with Gasteiger partial charge in [-0.2, -0.15) is 0 Å². The van der Waals surface area contributed by atoms with E-state index in [0.29, 0.717) is 11.3 Å². The van der Waals surface area contributed by atoms with Crippen LogP contribution in [-0.4, -0.2) is 15.9 Å². The van der Waals surface area contributed by atoms with Crippen molar-refractivity contribution in [3.05, 3.63) is 46.8 Å². The van der Waals surface area contributed by atoms with Crippen molar-refractivity contribution < 1.29 is 4.79 Å². The number of carbonyl (C=O) groups is 1. The molecule has 2 heterocycles. The molecule has 0 saturated carbocycles. The lowest BCUT2D eigenvalue weighted by Gasteiger charge is -2.06. The van der Waals surface area contributed by atoms with Crippen molar-refractivity contribution in [3.8, 4) is 0 Å². The van der Waals surface area contributed by atoms with Gasteiger partial charge in [-0.1, -0.05) is 0 Å². The summed E-state index contributed by atoms with van der Waals surface area (Å²) in [6, 6.07) is 5.02. The highest BCUT2D eigenvalue weighted by Crippen LogP contribution is 2.15. The van der Waals surface area contributed by atoms with Gasteiger partial charge < -0.3 is 11.1 Å². The fourth-order valence-corrected chi connectivity index (χ4v) is 1.65. The number of aromatic nitrogens is 2. The van der Waals surface area contributed by atoms with E-state index in [-0.39, 0.29) is 11.7 Å². The van der Waals surface area contributed by atoms with E-state index < -0.39 is 0 Å². The van der Waals surface area contributed by atoms with Gasteiger partial charge in [-0.05, 0) is 34.1 Å². The van der Waals surface area contributed by atoms with Gasteiger partial charge in [-0.3, -0.25) is 9.78 Å². The van der Waals surface area contributed by atoms with Crippen molar-refractivity contribution in [2.45, 2.75) is 0 Å². The minimum atomic E-state index is -0.310. The van der Waals surface area contributed by atoms with Gasteiger partial charge in [-0.15, -0.1) is 0 Å². The van der Waals surface area contributed by atoms with Gasteiger partial charge in [0.2, 0.25) is 0 Å². The predicted octanol–water partition coefficient (Wildman–Crippen LogP) is 2.07. The maximum absolute atomic E-state index is 11.9. The van der Waals surface area contributed by atoms with Crippen molar-refractivity contribution >= 4 is 33.3 Å². The average molecular weight is 293 g/mol. The molecule has 0 aliphatic rings. The molecular formula is C11H9BrN4O. The van der Waals surface area contributed by atoms with Crippen LogP contribution in [0.25, 0.3) is 0 Å². The Labute approximate surface area is 106 Å². The Kier molecular flexibility index (Phi) is 3.34. The van der Waals surface area contributed by atoms with Crippen LogP contribution in [0.3, 0.4) is 0 Å². The standard InChI is InChI=1S/C11H9BrN4O/c12-7-4-8(6-14-5-7)16-11(17)9-2-1-3-15-10(9)13/h1-6H,(H2,13,15)(H,16,17). The number of nitrogens with one attached hydrogen (secondary N) is 1. The molecule has 2 aromatic heterocycles. The number of anilines is 2. The molecule has 1 amide bonds. The molecule has 0 fully saturated rings. The molecule has 0 saturated heterocycles. The molecule has 0 spiro atoms. The number of hydrogen-bond acceptors (Lipinski definition) is 4. The van der Waals surface area contributed by atoms with Crippen LogP contribution >= 0.6 is 15.9 Å². The molecule has 3 N–H and O–H groups in total. The van der Waals surface area contributed by atoms with Crippen LogP contribution in [0.1, 0.15) is 10.4 Å². The topological polar surface area (TPSA) is 80.9 Å². The summed E-state index contributed by atoms with van der Waals surface area (Å²) in [5, 5.41) is 2.69. The second-order valence-electron chi connectivity index (χ2n) is 3.28. The Morgan fingerprint density at radius 2 is 2.24 bits per heavy atom. The highest BCUT2D eigenvalue weighted by Gasteiger charge is 2.10. The highest BCUT2D eigenvalue weighted by molar-refractivity contribution is 9.10. The number of carbonyl (C=O) groups excluding carboxylic acids is 1. The predicted molar refractivity (Wildman–Crippen MR) is 68.5 cm³/mol. The minimum Gasteiger partial charge on any atom is -0.383 e. The summed E-state index contributed by atoms with van der Waals surface area (Å²) in [6.45, 7) is 0. The van der Waals surface area contributed by atoms with E-state index in [4.69, 9.17) is 5.73 Å². The number of hydrogen-bond donors (Lipinski definition) is 2. The molecule has 0 aliphatic carbocycles. The maximum atomic E-state index is 11.9. The van der Waals surface area contributed by atoms with Crippen LogP contribution in [0.4, 0.5) is 11.5 Å². The third kappa shape index (κ3) is 2.79. The second kappa shape index (κ2) is 4.92. The van der Waals surface area contributed by atoms with Gasteiger partial charge >= 0.3 is 0 Å². The lowest BCUT2D eigenvalue weighted by atomic mass is 10.2. The van der Waals surface area contributed by atoms with Crippen molar-refractivity contribution in [2.75, 3.05) is 11.1 Å². The maximum Gasteiger partial charge on any atom is 0.259 e. The van der Waals surface area contributed by atoms with E-state index >= 15 is 0 Å². The van der Waals surface area contributed by atoms with E-state index in [1.807, 2.05) is 0 Å². The smallest absolute Gasteiger partial charge is 0.259 e. The van der Waals surface area contributed by atoms with Crippen LogP contribution in [0.5, 0.6) is 0 Å². The van der Waals surface area contributed by atoms with Crippen molar-refractivity contribution in [1.82, 2.24) is 9.97 Å². The summed E-state index contributed by atoms with van der Waals surface area (Å²) in [6.07, 6.45) is 4.72. The monoisotopic (exact) mass is 292 g/mol. The zero-order valence-corrected chi connectivity index (χ0v) is 10.3. The fourth-order valence-electron chi connectivity index (χ4n) is 1.29. The Hall–Kier alpha value is -1.95. The van der Waals surface area contributed by atoms with Crippen LogP contribution in [0.15, 0.2) is 41.3 Å². The largest absolute Gasteiger partial charge is 0.383 e. The van der Waals surface area contributed by atoms with Crippen LogP contribution in [-0.2, 0) is 0 Å². The number of pyridine rings is 2. The molecule has 5 nitrogen and oxygen atoms in total. The molecule has 0 aliphatic heterocycles. The molecular weight excluding hydrogens is 284 g/mol. The van der Waals surface area contributed by atoms with Gasteiger partial charge in [0.1, 0.15) is 5.82 Å². The summed E-state index contributed by atoms with van der Waals surface area (Å²) in [4.78, 5) is 19.7. The van der Waals surface area contributed by atoms with E-state index in [2.05, 4.69) is 31.2 Å². The summed E-state index contributed by atoms with van der Waals surface area (Å²) >= 11 is 3.27. The lowest BCUT2D eigenvalue weighted by Crippen LogP contribution is -2.14. The lowest BCUT2D eigenvalue weighted by molar-refractivity contribution is 0.102. The van der Waals surface area contributed by atoms with Crippen molar-refractivity contribution in [3.63, 3.8) is 0 Å². The first-order valence-corrected chi connectivity index (χ1v) is 5.58. The van der Waals surface area contributed by atoms with Crippen molar-refractivity contribution in [1.29, 1.82) is 0 Å². The van der Waals surface area contributed by atoms with E-state index in [1.165, 1.54) is 6.20 Å². The van der Waals surface area contributed by atoms with Gasteiger partial charge in [0.15, 0.2) is 0 Å². The number of amides is 1. The Bertz CT molecular complexity index is 559. The third-order valence-electron chi connectivity index (χ3n) is 2.05. The molecule has 2 aromatic rings. The molecule has 17 heavy (non-hydrogen) atoms. The molecule has 0 unspecified atom stereocenters. The molecule has 0 bridgehead atoms. The number of nitrogens with zero attached hydrogens (tertiary/aromatic N) is 2. The summed E-state index contributed by atoms with van der Waals surface area (Å²) in [5.41, 5.74) is 6.54. The average Bonchev–Trinajstić information content (AvgIpc) is 2.29. The van der Waals surface area contributed by atoms with Crippen LogP contribution in [0.2, 0.25) is 0 Å². The third-order valence-corrected chi connectivity index (χ3v) is 2.48. The van der Waals surface area contributed by atoms with E-state index in [1.54, 1.807) is 30.6 Å². The number of rotatable bonds is 2. The zero-order valence-electron chi connectivity index (χ0n) is 8.72. The minimum absolute atomic E-state index is 0.202. The summed E-state index contributed by atoms with van der Waals surface area (Å²) < 4.78 is 0.787. The first-order valence-electron chi connectivity index (χ1n) is 4.79. The number of nitrogen functional groups attached to an aromatic ring is 1. The van der Waals surface area contributed by atoms with Gasteiger partial charge in [0.25, 0.3) is 5.91 Å². The Morgan fingerprint density at radius 1 is 1.41 bits per heavy atom. The molecule has 86 valence electrons. The zero-order chi connectivity index (χ0) is 12.3. The first kappa shape index (κ1) is 11.5. The Morgan fingerprint density at radius 3 is 2.94 bits per heavy atom. The highest BCUT2D eigenvalue weighted by atomic mass is 79.9. The summed E-state index contributed by atoms with van der Waals surface area (Å²) in [7, 11) is 0. The van der Waals surface area contributed by atoms with Crippen molar-refractivity contribution in [2.24, 2.45) is 0 Å². The second-order valence-corrected chi connectivity index (χ2v) is 4.20. The first-order chi connectivity index (χ1) is 8.16.